The fourth-order valence-electron chi connectivity index (χ4n) is 1.35. The first-order chi connectivity index (χ1) is 6.34. The molecule has 2 rings (SSSR count). The van der Waals surface area contributed by atoms with Crippen LogP contribution < -0.4 is 4.74 Å². The fourth-order valence-corrected chi connectivity index (χ4v) is 1.35. The molecule has 0 aromatic carbocycles. The first-order valence-corrected chi connectivity index (χ1v) is 4.39. The molecule has 0 amide bonds. The van der Waals surface area contributed by atoms with E-state index in [9.17, 15) is 4.79 Å². The van der Waals surface area contributed by atoms with Gasteiger partial charge in [0.15, 0.2) is 0 Å². The van der Waals surface area contributed by atoms with E-state index in [2.05, 4.69) is 4.98 Å². The van der Waals surface area contributed by atoms with E-state index in [0.717, 1.165) is 5.75 Å². The lowest BCUT2D eigenvalue weighted by atomic mass is 9.85. The molecule has 0 unspecified atom stereocenters. The lowest BCUT2D eigenvalue weighted by Gasteiger charge is -2.23. The fraction of sp³-hybridized carbons (Fsp3) is 0.400. The summed E-state index contributed by atoms with van der Waals surface area (Å²) in [7, 11) is 0. The number of aromatic nitrogens is 1. The highest BCUT2D eigenvalue weighted by molar-refractivity contribution is 5.84. The van der Waals surface area contributed by atoms with E-state index in [0.29, 0.717) is 31.1 Å². The molecular weight excluding hydrogens is 166 g/mol. The number of hydrogen-bond acceptors (Lipinski definition) is 3. The Labute approximate surface area is 76.7 Å². The van der Waals surface area contributed by atoms with Gasteiger partial charge in [-0.1, -0.05) is 0 Å². The molecule has 1 saturated carbocycles. The summed E-state index contributed by atoms with van der Waals surface area (Å²) in [5, 5.41) is 0. The number of ether oxygens (including phenoxy) is 1. The van der Waals surface area contributed by atoms with Crippen LogP contribution in [0.3, 0.4) is 0 Å². The Kier molecular flexibility index (Phi) is 2.25. The first kappa shape index (κ1) is 8.23. The average molecular weight is 177 g/mol. The summed E-state index contributed by atoms with van der Waals surface area (Å²) in [5.74, 6) is 1.61. The number of carbonyl (C=O) groups is 1. The molecule has 0 bridgehead atoms. The minimum atomic E-state index is 0.350. The van der Waals surface area contributed by atoms with Gasteiger partial charge in [0.2, 0.25) is 0 Å². The van der Waals surface area contributed by atoms with Crippen molar-refractivity contribution in [2.75, 3.05) is 6.61 Å². The van der Waals surface area contributed by atoms with Crippen molar-refractivity contribution in [3.8, 4) is 5.75 Å². The third kappa shape index (κ3) is 2.05. The zero-order valence-electron chi connectivity index (χ0n) is 7.27. The quantitative estimate of drug-likeness (QED) is 0.701. The summed E-state index contributed by atoms with van der Waals surface area (Å²) in [5.41, 5.74) is 0. The van der Waals surface area contributed by atoms with Gasteiger partial charge in [0.25, 0.3) is 0 Å². The van der Waals surface area contributed by atoms with Crippen LogP contribution in [0, 0.1) is 5.92 Å². The molecule has 1 aromatic heterocycles. The maximum atomic E-state index is 10.7. The number of hydrogen-bond donors (Lipinski definition) is 0. The molecule has 3 nitrogen and oxygen atoms in total. The third-order valence-electron chi connectivity index (χ3n) is 2.17. The maximum Gasteiger partial charge on any atom is 0.133 e. The summed E-state index contributed by atoms with van der Waals surface area (Å²) in [6.07, 6.45) is 4.76. The van der Waals surface area contributed by atoms with Gasteiger partial charge in [-0.2, -0.15) is 0 Å². The third-order valence-corrected chi connectivity index (χ3v) is 2.17. The highest BCUT2D eigenvalue weighted by atomic mass is 16.5. The van der Waals surface area contributed by atoms with Crippen LogP contribution in [0.4, 0.5) is 0 Å². The topological polar surface area (TPSA) is 39.2 Å². The van der Waals surface area contributed by atoms with Crippen LogP contribution in [0.5, 0.6) is 5.75 Å². The predicted molar refractivity (Wildman–Crippen MR) is 47.5 cm³/mol. The Morgan fingerprint density at radius 1 is 1.38 bits per heavy atom. The molecule has 0 atom stereocenters. The van der Waals surface area contributed by atoms with Gasteiger partial charge in [0, 0.05) is 31.2 Å². The van der Waals surface area contributed by atoms with Crippen LogP contribution in [-0.2, 0) is 4.79 Å². The Morgan fingerprint density at radius 3 is 2.69 bits per heavy atom. The van der Waals surface area contributed by atoms with Gasteiger partial charge < -0.3 is 4.74 Å². The largest absolute Gasteiger partial charge is 0.493 e. The van der Waals surface area contributed by atoms with E-state index < -0.39 is 0 Å². The Bertz CT molecular complexity index is 289. The monoisotopic (exact) mass is 177 g/mol. The van der Waals surface area contributed by atoms with Crippen molar-refractivity contribution in [2.45, 2.75) is 12.8 Å². The number of rotatable bonds is 3. The number of nitrogens with zero attached hydrogens (tertiary/aromatic N) is 1. The van der Waals surface area contributed by atoms with Gasteiger partial charge in [0.05, 0.1) is 6.61 Å². The molecule has 3 heteroatoms. The van der Waals surface area contributed by atoms with Crippen molar-refractivity contribution in [1.29, 1.82) is 0 Å². The number of Topliss-reactive ketones (excluding diaryl/α,β-unsaturated/α-hetero) is 1. The number of pyridine rings is 1. The van der Waals surface area contributed by atoms with Crippen LogP contribution >= 0.6 is 0 Å². The summed E-state index contributed by atoms with van der Waals surface area (Å²) in [6.45, 7) is 0.649. The van der Waals surface area contributed by atoms with Crippen LogP contribution in [0.25, 0.3) is 0 Å². The molecule has 1 fully saturated rings. The van der Waals surface area contributed by atoms with Gasteiger partial charge in [0.1, 0.15) is 11.5 Å². The Hall–Kier alpha value is -1.38. The van der Waals surface area contributed by atoms with Crippen molar-refractivity contribution in [2.24, 2.45) is 5.92 Å². The standard InChI is InChI=1S/C10H11NO2/c12-9-5-8(6-9)7-13-10-1-3-11-4-2-10/h1-4,8H,5-7H2. The van der Waals surface area contributed by atoms with Crippen LogP contribution in [0.15, 0.2) is 24.5 Å². The Balaban J connectivity index is 1.77. The highest BCUT2D eigenvalue weighted by Crippen LogP contribution is 2.23. The molecule has 1 aliphatic carbocycles. The second-order valence-electron chi connectivity index (χ2n) is 3.31. The lowest BCUT2D eigenvalue weighted by molar-refractivity contribution is -0.127. The molecule has 68 valence electrons. The molecule has 1 aromatic rings. The normalized spacial score (nSPS) is 16.8. The molecule has 0 aliphatic heterocycles. The summed E-state index contributed by atoms with van der Waals surface area (Å²) < 4.78 is 5.47. The lowest BCUT2D eigenvalue weighted by Crippen LogP contribution is -2.28. The smallest absolute Gasteiger partial charge is 0.133 e. The molecule has 0 N–H and O–H groups in total. The van der Waals surface area contributed by atoms with Crippen molar-refractivity contribution in [1.82, 2.24) is 4.98 Å². The van der Waals surface area contributed by atoms with Gasteiger partial charge >= 0.3 is 0 Å². The van der Waals surface area contributed by atoms with E-state index in [1.165, 1.54) is 0 Å². The van der Waals surface area contributed by atoms with Crippen LogP contribution in [0.1, 0.15) is 12.8 Å². The van der Waals surface area contributed by atoms with Crippen molar-refractivity contribution < 1.29 is 9.53 Å². The maximum absolute atomic E-state index is 10.7. The molecule has 13 heavy (non-hydrogen) atoms. The zero-order chi connectivity index (χ0) is 9.10. The van der Waals surface area contributed by atoms with Crippen LogP contribution in [0.2, 0.25) is 0 Å². The second kappa shape index (κ2) is 3.56. The van der Waals surface area contributed by atoms with Gasteiger partial charge in [-0.15, -0.1) is 0 Å². The second-order valence-corrected chi connectivity index (χ2v) is 3.31. The summed E-state index contributed by atoms with van der Waals surface area (Å²) in [4.78, 5) is 14.5. The van der Waals surface area contributed by atoms with E-state index in [1.54, 1.807) is 12.4 Å². The minimum absolute atomic E-state index is 0.350. The van der Waals surface area contributed by atoms with Gasteiger partial charge in [-0.25, -0.2) is 0 Å². The molecule has 1 heterocycles. The molecular formula is C10H11NO2. The summed E-state index contributed by atoms with van der Waals surface area (Å²) in [6, 6.07) is 3.64. The van der Waals surface area contributed by atoms with Gasteiger partial charge in [-0.05, 0) is 12.1 Å². The molecule has 0 spiro atoms. The van der Waals surface area contributed by atoms with Crippen molar-refractivity contribution in [3.63, 3.8) is 0 Å². The SMILES string of the molecule is O=C1CC(COc2ccncc2)C1. The first-order valence-electron chi connectivity index (χ1n) is 4.39. The summed E-state index contributed by atoms with van der Waals surface area (Å²) >= 11 is 0. The van der Waals surface area contributed by atoms with Crippen LogP contribution in [-0.4, -0.2) is 17.4 Å². The highest BCUT2D eigenvalue weighted by Gasteiger charge is 2.26. The van der Waals surface area contributed by atoms with E-state index in [1.807, 2.05) is 12.1 Å². The predicted octanol–water partition coefficient (Wildman–Crippen LogP) is 1.44. The van der Waals surface area contributed by atoms with E-state index >= 15 is 0 Å². The minimum Gasteiger partial charge on any atom is -0.493 e. The zero-order valence-corrected chi connectivity index (χ0v) is 7.27. The molecule has 1 aliphatic rings. The molecule has 0 radical (unpaired) electrons. The molecule has 0 saturated heterocycles. The van der Waals surface area contributed by atoms with E-state index in [4.69, 9.17) is 4.74 Å². The van der Waals surface area contributed by atoms with Crippen molar-refractivity contribution >= 4 is 5.78 Å². The Morgan fingerprint density at radius 2 is 2.08 bits per heavy atom. The number of ketones is 1. The van der Waals surface area contributed by atoms with Gasteiger partial charge in [-0.3, -0.25) is 9.78 Å². The van der Waals surface area contributed by atoms with E-state index in [-0.39, 0.29) is 0 Å². The number of carbonyl (C=O) groups excluding carboxylic acids is 1. The van der Waals surface area contributed by atoms with Crippen molar-refractivity contribution in [3.05, 3.63) is 24.5 Å². The average Bonchev–Trinajstić information content (AvgIpc) is 2.12.